The van der Waals surface area contributed by atoms with E-state index < -0.39 is 0 Å². The molecule has 0 saturated carbocycles. The third kappa shape index (κ3) is 6.97. The number of hydrogen-bond acceptors (Lipinski definition) is 6. The number of piperidine rings is 1. The highest BCUT2D eigenvalue weighted by Crippen LogP contribution is 2.29. The number of nitrogens with one attached hydrogen (secondary N) is 1. The molecule has 1 unspecified atom stereocenters. The van der Waals surface area contributed by atoms with Gasteiger partial charge in [-0.15, -0.1) is 0 Å². The van der Waals surface area contributed by atoms with Crippen LogP contribution in [0.5, 0.6) is 5.75 Å². The summed E-state index contributed by atoms with van der Waals surface area (Å²) < 4.78 is 20.1. The highest BCUT2D eigenvalue weighted by atomic mass is 19.1. The molecule has 3 aromatic rings. The highest BCUT2D eigenvalue weighted by Gasteiger charge is 2.28. The van der Waals surface area contributed by atoms with Crippen LogP contribution in [0.2, 0.25) is 0 Å². The first kappa shape index (κ1) is 29.0. The minimum absolute atomic E-state index is 0.0499. The van der Waals surface area contributed by atoms with Crippen LogP contribution in [-0.2, 0) is 6.54 Å². The first-order chi connectivity index (χ1) is 19.3. The molecule has 1 aromatic heterocycles. The monoisotopic (exact) mass is 543 g/mol. The number of aromatic nitrogens is 1. The zero-order valence-electron chi connectivity index (χ0n) is 23.8. The lowest BCUT2D eigenvalue weighted by molar-refractivity contribution is 0.0943. The van der Waals surface area contributed by atoms with Gasteiger partial charge in [-0.1, -0.05) is 0 Å². The largest absolute Gasteiger partial charge is 0.497 e. The van der Waals surface area contributed by atoms with Crippen LogP contribution < -0.4 is 15.0 Å². The van der Waals surface area contributed by atoms with Crippen LogP contribution in [0.15, 0.2) is 54.9 Å². The molecule has 7 nitrogen and oxygen atoms in total. The Labute approximate surface area is 236 Å². The van der Waals surface area contributed by atoms with Gasteiger partial charge in [-0.3, -0.25) is 9.78 Å². The number of amides is 1. The van der Waals surface area contributed by atoms with Gasteiger partial charge >= 0.3 is 0 Å². The number of aryl methyl sites for hydroxylation is 2. The third-order valence-corrected chi connectivity index (χ3v) is 7.88. The summed E-state index contributed by atoms with van der Waals surface area (Å²) in [5.74, 6) is 0.417. The lowest BCUT2D eigenvalue weighted by atomic mass is 9.98. The molecule has 1 aliphatic rings. The average Bonchev–Trinajstić information content (AvgIpc) is 2.97. The smallest absolute Gasteiger partial charge is 0.251 e. The van der Waals surface area contributed by atoms with E-state index in [2.05, 4.69) is 33.1 Å². The predicted octanol–water partition coefficient (Wildman–Crippen LogP) is 5.40. The molecule has 1 fully saturated rings. The highest BCUT2D eigenvalue weighted by molar-refractivity contribution is 5.96. The Balaban J connectivity index is 1.38. The number of methoxy groups -OCH3 is 1. The fourth-order valence-corrected chi connectivity index (χ4v) is 5.52. The van der Waals surface area contributed by atoms with Crippen LogP contribution in [0.25, 0.3) is 0 Å². The van der Waals surface area contributed by atoms with Crippen LogP contribution >= 0.6 is 0 Å². The van der Waals surface area contributed by atoms with Crippen molar-refractivity contribution in [3.63, 3.8) is 0 Å². The number of hydrogen-bond donors (Lipinski definition) is 1. The Hall–Kier alpha value is -3.96. The molecule has 2 aromatic carbocycles. The molecule has 1 amide bonds. The number of benzene rings is 2. The molecule has 0 aliphatic carbocycles. The summed E-state index contributed by atoms with van der Waals surface area (Å²) >= 11 is 0. The Bertz CT molecular complexity index is 1330. The number of nitriles is 1. The van der Waals surface area contributed by atoms with Gasteiger partial charge in [0.25, 0.3) is 5.91 Å². The number of rotatable bonds is 10. The van der Waals surface area contributed by atoms with Crippen LogP contribution in [0.3, 0.4) is 0 Å². The van der Waals surface area contributed by atoms with Crippen LogP contribution in [0.4, 0.5) is 10.1 Å². The van der Waals surface area contributed by atoms with E-state index in [0.717, 1.165) is 54.9 Å². The number of carbonyl (C=O) groups excluding carboxylic acids is 1. The number of anilines is 1. The topological polar surface area (TPSA) is 81.5 Å². The molecule has 8 heteroatoms. The minimum atomic E-state index is -0.303. The molecule has 210 valence electrons. The minimum Gasteiger partial charge on any atom is -0.497 e. The Morgan fingerprint density at radius 1 is 1.18 bits per heavy atom. The predicted molar refractivity (Wildman–Crippen MR) is 155 cm³/mol. The standard InChI is InChI=1S/C32H38FN5O2/c1-22-19-35-20-23(2)31(22)32(39)36-14-11-24(3)37-15-12-28(13-16-37)38(27-6-8-29(40-4)9-7-27)21-26-17-25(18-34)5-10-30(26)33/h5-10,17,19-20,24,28H,11-16,21H2,1-4H3,(H,36,39). The van der Waals surface area contributed by atoms with Crippen molar-refractivity contribution in [2.75, 3.05) is 31.6 Å². The molecule has 4 rings (SSSR count). The van der Waals surface area contributed by atoms with Crippen molar-refractivity contribution in [2.24, 2.45) is 0 Å². The van der Waals surface area contributed by atoms with Crippen LogP contribution in [0.1, 0.15) is 58.8 Å². The summed E-state index contributed by atoms with van der Waals surface area (Å²) in [6.07, 6.45) is 6.15. The van der Waals surface area contributed by atoms with Crippen LogP contribution in [0, 0.1) is 31.0 Å². The lowest BCUT2D eigenvalue weighted by Crippen LogP contribution is -2.48. The van der Waals surface area contributed by atoms with E-state index in [-0.39, 0.29) is 17.8 Å². The van der Waals surface area contributed by atoms with Crippen LogP contribution in [-0.4, -0.2) is 54.6 Å². The Morgan fingerprint density at radius 2 is 1.85 bits per heavy atom. The number of likely N-dealkylation sites (tertiary alicyclic amines) is 1. The summed E-state index contributed by atoms with van der Waals surface area (Å²) in [6.45, 7) is 8.84. The van der Waals surface area contributed by atoms with Crippen molar-refractivity contribution in [2.45, 2.75) is 58.7 Å². The van der Waals surface area contributed by atoms with Crippen molar-refractivity contribution >= 4 is 11.6 Å². The van der Waals surface area contributed by atoms with Crippen molar-refractivity contribution in [1.82, 2.24) is 15.2 Å². The zero-order valence-corrected chi connectivity index (χ0v) is 23.8. The molecule has 1 saturated heterocycles. The van der Waals surface area contributed by atoms with Crippen molar-refractivity contribution in [1.29, 1.82) is 5.26 Å². The van der Waals surface area contributed by atoms with Crippen molar-refractivity contribution in [3.05, 3.63) is 88.5 Å². The maximum absolute atomic E-state index is 14.8. The molecule has 1 N–H and O–H groups in total. The second kappa shape index (κ2) is 13.4. The summed E-state index contributed by atoms with van der Waals surface area (Å²) in [5, 5.41) is 12.4. The molecule has 0 spiro atoms. The van der Waals surface area contributed by atoms with Gasteiger partial charge in [0.1, 0.15) is 11.6 Å². The summed E-state index contributed by atoms with van der Waals surface area (Å²) in [7, 11) is 1.64. The fraction of sp³-hybridized carbons (Fsp3) is 0.406. The molecule has 40 heavy (non-hydrogen) atoms. The van der Waals surface area contributed by atoms with E-state index in [4.69, 9.17) is 4.74 Å². The molecular weight excluding hydrogens is 505 g/mol. The maximum Gasteiger partial charge on any atom is 0.251 e. The molecule has 0 bridgehead atoms. The van der Waals surface area contributed by atoms with Gasteiger partial charge in [-0.05, 0) is 93.6 Å². The Morgan fingerprint density at radius 3 is 2.48 bits per heavy atom. The molecule has 2 heterocycles. The molecule has 1 atom stereocenters. The zero-order chi connectivity index (χ0) is 28.6. The second-order valence-corrected chi connectivity index (χ2v) is 10.6. The summed E-state index contributed by atoms with van der Waals surface area (Å²) in [5.41, 5.74) is 4.44. The van der Waals surface area contributed by atoms with Gasteiger partial charge in [-0.25, -0.2) is 4.39 Å². The number of carbonyl (C=O) groups is 1. The first-order valence-corrected chi connectivity index (χ1v) is 13.8. The lowest BCUT2D eigenvalue weighted by Gasteiger charge is -2.42. The van der Waals surface area contributed by atoms with E-state index in [1.54, 1.807) is 25.6 Å². The van der Waals surface area contributed by atoms with Gasteiger partial charge in [0.2, 0.25) is 0 Å². The SMILES string of the molecule is COc1ccc(N(Cc2cc(C#N)ccc2F)C2CCN(C(C)CCNC(=O)c3c(C)cncc3C)CC2)cc1. The van der Waals surface area contributed by atoms with Gasteiger partial charge < -0.3 is 19.9 Å². The second-order valence-electron chi connectivity index (χ2n) is 10.6. The van der Waals surface area contributed by atoms with Crippen molar-refractivity contribution < 1.29 is 13.9 Å². The maximum atomic E-state index is 14.8. The van der Waals surface area contributed by atoms with E-state index >= 15 is 0 Å². The molecule has 0 radical (unpaired) electrons. The summed E-state index contributed by atoms with van der Waals surface area (Å²) in [4.78, 5) is 21.6. The number of pyridine rings is 1. The number of halogens is 1. The van der Waals surface area contributed by atoms with Gasteiger partial charge in [0, 0.05) is 67.5 Å². The van der Waals surface area contributed by atoms with E-state index in [1.165, 1.54) is 12.1 Å². The van der Waals surface area contributed by atoms with E-state index in [1.807, 2.05) is 38.1 Å². The molecular formula is C32H38FN5O2. The third-order valence-electron chi connectivity index (χ3n) is 7.88. The fourth-order valence-electron chi connectivity index (χ4n) is 5.52. The van der Waals surface area contributed by atoms with E-state index in [9.17, 15) is 14.4 Å². The van der Waals surface area contributed by atoms with Gasteiger partial charge in [0.05, 0.1) is 18.7 Å². The van der Waals surface area contributed by atoms with Gasteiger partial charge in [0.15, 0.2) is 0 Å². The van der Waals surface area contributed by atoms with Gasteiger partial charge in [-0.2, -0.15) is 5.26 Å². The van der Waals surface area contributed by atoms with E-state index in [0.29, 0.717) is 35.8 Å². The normalized spacial score (nSPS) is 14.8. The summed E-state index contributed by atoms with van der Waals surface area (Å²) in [6, 6.07) is 15.1. The quantitative estimate of drug-likeness (QED) is 0.369. The number of ether oxygens (including phenoxy) is 1. The first-order valence-electron chi connectivity index (χ1n) is 13.8. The molecule has 1 aliphatic heterocycles. The number of nitrogens with zero attached hydrogens (tertiary/aromatic N) is 4. The Kier molecular flexibility index (Phi) is 9.73. The van der Waals surface area contributed by atoms with Crippen molar-refractivity contribution in [3.8, 4) is 11.8 Å². The average molecular weight is 544 g/mol.